The topological polar surface area (TPSA) is 67.9 Å². The van der Waals surface area contributed by atoms with Crippen molar-refractivity contribution in [2.24, 2.45) is 5.92 Å². The molecule has 4 rings (SSSR count). The Morgan fingerprint density at radius 1 is 1.19 bits per heavy atom. The van der Waals surface area contributed by atoms with Crippen molar-refractivity contribution in [1.82, 2.24) is 0 Å². The van der Waals surface area contributed by atoms with Gasteiger partial charge in [-0.3, -0.25) is 9.59 Å². The van der Waals surface area contributed by atoms with Crippen molar-refractivity contribution >= 4 is 23.2 Å². The number of hydrogen-bond donors (Lipinski definition) is 1. The summed E-state index contributed by atoms with van der Waals surface area (Å²) < 4.78 is 24.4. The number of anilines is 2. The van der Waals surface area contributed by atoms with Crippen LogP contribution < -0.4 is 19.7 Å². The van der Waals surface area contributed by atoms with Crippen LogP contribution in [0.2, 0.25) is 0 Å². The molecule has 2 aromatic rings. The van der Waals surface area contributed by atoms with E-state index in [9.17, 15) is 14.0 Å². The van der Waals surface area contributed by atoms with E-state index in [-0.39, 0.29) is 37.3 Å². The molecule has 7 heteroatoms. The van der Waals surface area contributed by atoms with E-state index in [4.69, 9.17) is 9.47 Å². The largest absolute Gasteiger partial charge is 0.454 e. The molecule has 2 aromatic carbocycles. The molecule has 2 amide bonds. The third-order valence-corrected chi connectivity index (χ3v) is 4.54. The van der Waals surface area contributed by atoms with Crippen LogP contribution in [0.1, 0.15) is 12.0 Å². The Labute approximate surface area is 149 Å². The molecule has 1 atom stereocenters. The number of halogens is 1. The molecule has 0 radical (unpaired) electrons. The molecule has 0 saturated carbocycles. The Morgan fingerprint density at radius 2 is 2.00 bits per heavy atom. The Balaban J connectivity index is 1.49. The van der Waals surface area contributed by atoms with Gasteiger partial charge in [-0.2, -0.15) is 0 Å². The number of hydrogen-bond acceptors (Lipinski definition) is 4. The summed E-state index contributed by atoms with van der Waals surface area (Å²) in [6.07, 6.45) is 0.0771. The standard InChI is InChI=1S/C19H17FN2O4/c1-11-2-4-14(20)15(6-11)21-19(24)12-7-18(23)22(9-12)13-3-5-16-17(8-13)26-10-25-16/h2-6,8,12H,7,9-10H2,1H3,(H,21,24). The minimum Gasteiger partial charge on any atom is -0.454 e. The number of rotatable bonds is 3. The van der Waals surface area contributed by atoms with Gasteiger partial charge in [0, 0.05) is 24.7 Å². The van der Waals surface area contributed by atoms with Crippen molar-refractivity contribution in [3.63, 3.8) is 0 Å². The number of nitrogens with one attached hydrogen (secondary N) is 1. The molecule has 0 aliphatic carbocycles. The first-order valence-electron chi connectivity index (χ1n) is 8.28. The van der Waals surface area contributed by atoms with Gasteiger partial charge in [0.15, 0.2) is 11.5 Å². The lowest BCUT2D eigenvalue weighted by Gasteiger charge is -2.17. The maximum absolute atomic E-state index is 13.8. The van der Waals surface area contributed by atoms with Crippen LogP contribution in [0.3, 0.4) is 0 Å². The number of carbonyl (C=O) groups excluding carboxylic acids is 2. The normalized spacial score (nSPS) is 18.3. The average Bonchev–Trinajstić information content (AvgIpc) is 3.23. The number of amides is 2. The lowest BCUT2D eigenvalue weighted by atomic mass is 10.1. The number of nitrogens with zero attached hydrogens (tertiary/aromatic N) is 1. The van der Waals surface area contributed by atoms with Crippen LogP contribution in [0, 0.1) is 18.7 Å². The fourth-order valence-corrected chi connectivity index (χ4v) is 3.16. The Morgan fingerprint density at radius 3 is 2.85 bits per heavy atom. The molecular weight excluding hydrogens is 339 g/mol. The first-order valence-corrected chi connectivity index (χ1v) is 8.28. The van der Waals surface area contributed by atoms with E-state index in [0.29, 0.717) is 17.2 Å². The Hall–Kier alpha value is -3.09. The smallest absolute Gasteiger partial charge is 0.231 e. The highest BCUT2D eigenvalue weighted by Gasteiger charge is 2.36. The molecule has 26 heavy (non-hydrogen) atoms. The summed E-state index contributed by atoms with van der Waals surface area (Å²) >= 11 is 0. The van der Waals surface area contributed by atoms with E-state index in [1.54, 1.807) is 35.2 Å². The van der Waals surface area contributed by atoms with Crippen LogP contribution in [0.25, 0.3) is 0 Å². The van der Waals surface area contributed by atoms with Gasteiger partial charge in [-0.1, -0.05) is 6.07 Å². The molecule has 6 nitrogen and oxygen atoms in total. The number of carbonyl (C=O) groups is 2. The highest BCUT2D eigenvalue weighted by molar-refractivity contribution is 6.03. The predicted molar refractivity (Wildman–Crippen MR) is 92.8 cm³/mol. The molecule has 1 saturated heterocycles. The van der Waals surface area contributed by atoms with Crippen LogP contribution >= 0.6 is 0 Å². The Kier molecular flexibility index (Phi) is 3.99. The molecule has 1 unspecified atom stereocenters. The summed E-state index contributed by atoms with van der Waals surface area (Å²) in [6, 6.07) is 9.72. The van der Waals surface area contributed by atoms with Gasteiger partial charge in [0.25, 0.3) is 0 Å². The highest BCUT2D eigenvalue weighted by Crippen LogP contribution is 2.37. The first kappa shape index (κ1) is 16.4. The van der Waals surface area contributed by atoms with E-state index in [0.717, 1.165) is 5.56 Å². The number of fused-ring (bicyclic) bond motifs is 1. The van der Waals surface area contributed by atoms with E-state index >= 15 is 0 Å². The molecule has 0 spiro atoms. The maximum Gasteiger partial charge on any atom is 0.231 e. The van der Waals surface area contributed by atoms with Crippen molar-refractivity contribution in [1.29, 1.82) is 0 Å². The van der Waals surface area contributed by atoms with E-state index in [1.807, 2.05) is 6.92 Å². The number of benzene rings is 2. The van der Waals surface area contributed by atoms with Crippen molar-refractivity contribution < 1.29 is 23.5 Å². The second kappa shape index (κ2) is 6.33. The minimum atomic E-state index is -0.548. The number of aryl methyl sites for hydroxylation is 1. The average molecular weight is 356 g/mol. The summed E-state index contributed by atoms with van der Waals surface area (Å²) in [6.45, 7) is 2.20. The number of ether oxygens (including phenoxy) is 2. The predicted octanol–water partition coefficient (Wildman–Crippen LogP) is 2.85. The lowest BCUT2D eigenvalue weighted by Crippen LogP contribution is -2.28. The summed E-state index contributed by atoms with van der Waals surface area (Å²) in [7, 11) is 0. The van der Waals surface area contributed by atoms with Crippen LogP contribution in [0.15, 0.2) is 36.4 Å². The second-order valence-corrected chi connectivity index (χ2v) is 6.42. The highest BCUT2D eigenvalue weighted by atomic mass is 19.1. The zero-order chi connectivity index (χ0) is 18.3. The van der Waals surface area contributed by atoms with Crippen LogP contribution in [0.5, 0.6) is 11.5 Å². The summed E-state index contributed by atoms with van der Waals surface area (Å²) in [5.41, 5.74) is 1.62. The molecule has 2 aliphatic heterocycles. The van der Waals surface area contributed by atoms with Crippen molar-refractivity contribution in [3.05, 3.63) is 47.8 Å². The van der Waals surface area contributed by atoms with Crippen molar-refractivity contribution in [3.8, 4) is 11.5 Å². The van der Waals surface area contributed by atoms with Gasteiger partial charge < -0.3 is 19.7 Å². The molecule has 0 aromatic heterocycles. The second-order valence-electron chi connectivity index (χ2n) is 6.42. The van der Waals surface area contributed by atoms with Gasteiger partial charge in [-0.25, -0.2) is 4.39 Å². The van der Waals surface area contributed by atoms with Gasteiger partial charge in [0.1, 0.15) is 5.82 Å². The van der Waals surface area contributed by atoms with Crippen molar-refractivity contribution in [2.75, 3.05) is 23.6 Å². The summed E-state index contributed by atoms with van der Waals surface area (Å²) in [5, 5.41) is 2.59. The molecule has 1 N–H and O–H groups in total. The van der Waals surface area contributed by atoms with Gasteiger partial charge in [0.05, 0.1) is 11.6 Å². The molecule has 134 valence electrons. The maximum atomic E-state index is 13.8. The SMILES string of the molecule is Cc1ccc(F)c(NC(=O)C2CC(=O)N(c3ccc4c(c3)OCO4)C2)c1. The zero-order valence-corrected chi connectivity index (χ0v) is 14.1. The third-order valence-electron chi connectivity index (χ3n) is 4.54. The third kappa shape index (κ3) is 2.96. The first-order chi connectivity index (χ1) is 12.5. The molecule has 2 heterocycles. The zero-order valence-electron chi connectivity index (χ0n) is 14.1. The van der Waals surface area contributed by atoms with Gasteiger partial charge in [0.2, 0.25) is 18.6 Å². The molecule has 0 bridgehead atoms. The van der Waals surface area contributed by atoms with E-state index < -0.39 is 11.7 Å². The summed E-state index contributed by atoms with van der Waals surface area (Å²) in [4.78, 5) is 26.4. The molecular formula is C19H17FN2O4. The fraction of sp³-hybridized carbons (Fsp3) is 0.263. The fourth-order valence-electron chi connectivity index (χ4n) is 3.16. The summed E-state index contributed by atoms with van der Waals surface area (Å²) in [5.74, 6) is -0.372. The van der Waals surface area contributed by atoms with E-state index in [1.165, 1.54) is 6.07 Å². The van der Waals surface area contributed by atoms with E-state index in [2.05, 4.69) is 5.32 Å². The van der Waals surface area contributed by atoms with Gasteiger partial charge in [-0.05, 0) is 36.8 Å². The van der Waals surface area contributed by atoms with Gasteiger partial charge >= 0.3 is 0 Å². The van der Waals surface area contributed by atoms with Crippen LogP contribution in [-0.2, 0) is 9.59 Å². The minimum absolute atomic E-state index is 0.0771. The quantitative estimate of drug-likeness (QED) is 0.918. The van der Waals surface area contributed by atoms with Gasteiger partial charge in [-0.15, -0.1) is 0 Å². The van der Waals surface area contributed by atoms with Crippen LogP contribution in [0.4, 0.5) is 15.8 Å². The van der Waals surface area contributed by atoms with Crippen LogP contribution in [-0.4, -0.2) is 25.2 Å². The lowest BCUT2D eigenvalue weighted by molar-refractivity contribution is -0.122. The molecule has 1 fully saturated rings. The monoisotopic (exact) mass is 356 g/mol. The van der Waals surface area contributed by atoms with Crippen molar-refractivity contribution in [2.45, 2.75) is 13.3 Å². The molecule has 2 aliphatic rings. The Bertz CT molecular complexity index is 899.